The molecule has 0 bridgehead atoms. The zero-order valence-corrected chi connectivity index (χ0v) is 20.3. The van der Waals surface area contributed by atoms with Gasteiger partial charge in [0.1, 0.15) is 11.6 Å². The third-order valence-corrected chi connectivity index (χ3v) is 6.69. The predicted octanol–water partition coefficient (Wildman–Crippen LogP) is 4.76. The number of halogens is 1. The maximum Gasteiger partial charge on any atom is 0.229 e. The first kappa shape index (κ1) is 23.2. The third-order valence-electron chi connectivity index (χ3n) is 5.69. The van der Waals surface area contributed by atoms with Crippen molar-refractivity contribution in [3.63, 3.8) is 0 Å². The molecule has 0 saturated heterocycles. The van der Waals surface area contributed by atoms with Gasteiger partial charge in [-0.25, -0.2) is 23.4 Å². The van der Waals surface area contributed by atoms with Gasteiger partial charge in [0.15, 0.2) is 0 Å². The van der Waals surface area contributed by atoms with Crippen molar-refractivity contribution >= 4 is 27.3 Å². The fourth-order valence-electron chi connectivity index (χ4n) is 3.66. The summed E-state index contributed by atoms with van der Waals surface area (Å²) in [5.41, 5.74) is 3.74. The van der Waals surface area contributed by atoms with Gasteiger partial charge in [-0.3, -0.25) is 4.72 Å². The van der Waals surface area contributed by atoms with Crippen LogP contribution in [0.2, 0.25) is 5.02 Å². The summed E-state index contributed by atoms with van der Waals surface area (Å²) in [6.07, 6.45) is 6.58. The number of benzene rings is 1. The fourth-order valence-corrected chi connectivity index (χ4v) is 4.53. The van der Waals surface area contributed by atoms with E-state index < -0.39 is 10.0 Å². The largest absolute Gasteiger partial charge is 0.340 e. The molecule has 0 aliphatic heterocycles. The Hall–Kier alpha value is -2.96. The van der Waals surface area contributed by atoms with Crippen LogP contribution in [-0.2, 0) is 21.9 Å². The van der Waals surface area contributed by atoms with E-state index in [1.54, 1.807) is 12.3 Å². The van der Waals surface area contributed by atoms with Gasteiger partial charge in [0.25, 0.3) is 0 Å². The molecule has 1 aliphatic carbocycles. The molecule has 3 aromatic rings. The Balaban J connectivity index is 1.85. The van der Waals surface area contributed by atoms with Crippen molar-refractivity contribution in [2.75, 3.05) is 11.0 Å². The van der Waals surface area contributed by atoms with E-state index in [0.29, 0.717) is 53.4 Å². The summed E-state index contributed by atoms with van der Waals surface area (Å²) in [7, 11) is -3.51. The molecule has 1 saturated carbocycles. The Morgan fingerprint density at radius 3 is 2.73 bits per heavy atom. The predicted molar refractivity (Wildman–Crippen MR) is 128 cm³/mol. The zero-order valence-electron chi connectivity index (χ0n) is 18.7. The molecule has 172 valence electrons. The molecule has 0 radical (unpaired) electrons. The van der Waals surface area contributed by atoms with E-state index in [1.165, 1.54) is 0 Å². The molecule has 0 atom stereocenters. The summed E-state index contributed by atoms with van der Waals surface area (Å²) in [4.78, 5) is 17.4. The van der Waals surface area contributed by atoms with Crippen LogP contribution >= 0.6 is 11.6 Å². The molecule has 8 nitrogen and oxygen atoms in total. The Kier molecular flexibility index (Phi) is 6.16. The van der Waals surface area contributed by atoms with Gasteiger partial charge in [-0.15, -0.1) is 0 Å². The van der Waals surface area contributed by atoms with E-state index in [1.807, 2.05) is 19.1 Å². The molecule has 0 unspecified atom stereocenters. The average molecular weight is 485 g/mol. The zero-order chi connectivity index (χ0) is 23.8. The summed E-state index contributed by atoms with van der Waals surface area (Å²) in [5, 5.41) is 9.08. The lowest BCUT2D eigenvalue weighted by Gasteiger charge is -2.12. The van der Waals surface area contributed by atoms with Crippen LogP contribution in [0.25, 0.3) is 22.6 Å². The topological polar surface area (TPSA) is 124 Å². The maximum atomic E-state index is 11.9. The highest BCUT2D eigenvalue weighted by Gasteiger charge is 2.42. The van der Waals surface area contributed by atoms with Crippen molar-refractivity contribution in [3.05, 3.63) is 46.6 Å². The fraction of sp³-hybridized carbons (Fsp3) is 0.391. The second-order valence-electron chi connectivity index (χ2n) is 8.79. The summed E-state index contributed by atoms with van der Waals surface area (Å²) in [6, 6.07) is 7.54. The number of nitrogens with one attached hydrogen (secondary N) is 2. The summed E-state index contributed by atoms with van der Waals surface area (Å²) >= 11 is 6.69. The minimum Gasteiger partial charge on any atom is -0.340 e. The highest BCUT2D eigenvalue weighted by Crippen LogP contribution is 2.48. The van der Waals surface area contributed by atoms with E-state index in [2.05, 4.69) is 27.7 Å². The standard InChI is InChI=1S/C23H25ClN6O2S/c1-14-12-15(19(24)17(13-14)30-33(3,31)32)20-21(29-22(28-20)23(2)8-9-23)16-7-11-26-18(27-16)6-4-5-10-25/h7,11-13,30H,4-6,8-9H2,1-3H3,(H,28,29). The lowest BCUT2D eigenvalue weighted by molar-refractivity contribution is 0.607. The summed E-state index contributed by atoms with van der Waals surface area (Å²) in [5.74, 6) is 1.50. The van der Waals surface area contributed by atoms with Crippen LogP contribution in [0.1, 0.15) is 49.8 Å². The summed E-state index contributed by atoms with van der Waals surface area (Å²) < 4.78 is 26.2. The number of hydrogen-bond donors (Lipinski definition) is 2. The van der Waals surface area contributed by atoms with Crippen LogP contribution in [-0.4, -0.2) is 34.6 Å². The van der Waals surface area contributed by atoms with Gasteiger partial charge in [0.05, 0.1) is 40.1 Å². The van der Waals surface area contributed by atoms with Crippen molar-refractivity contribution in [2.24, 2.45) is 0 Å². The Morgan fingerprint density at radius 1 is 1.30 bits per heavy atom. The lowest BCUT2D eigenvalue weighted by atomic mass is 10.0. The van der Waals surface area contributed by atoms with E-state index in [4.69, 9.17) is 26.8 Å². The molecule has 1 fully saturated rings. The molecule has 0 spiro atoms. The van der Waals surface area contributed by atoms with Gasteiger partial charge in [-0.05, 0) is 49.9 Å². The van der Waals surface area contributed by atoms with Crippen molar-refractivity contribution in [1.82, 2.24) is 19.9 Å². The van der Waals surface area contributed by atoms with Crippen molar-refractivity contribution in [3.8, 4) is 28.7 Å². The quantitative estimate of drug-likeness (QED) is 0.444. The molecular weight excluding hydrogens is 460 g/mol. The number of H-pyrrole nitrogens is 1. The highest BCUT2D eigenvalue weighted by atomic mass is 35.5. The second kappa shape index (κ2) is 8.76. The lowest BCUT2D eigenvalue weighted by Crippen LogP contribution is -2.10. The first-order chi connectivity index (χ1) is 15.6. The smallest absolute Gasteiger partial charge is 0.229 e. The van der Waals surface area contributed by atoms with Gasteiger partial charge < -0.3 is 4.98 Å². The van der Waals surface area contributed by atoms with Crippen LogP contribution in [0.4, 0.5) is 5.69 Å². The normalized spacial score (nSPS) is 14.6. The molecule has 4 rings (SSSR count). The van der Waals surface area contributed by atoms with Crippen LogP contribution in [0.3, 0.4) is 0 Å². The van der Waals surface area contributed by atoms with Crippen LogP contribution in [0.5, 0.6) is 0 Å². The number of sulfonamides is 1. The number of unbranched alkanes of at least 4 members (excludes halogenated alkanes) is 1. The SMILES string of the molecule is Cc1cc(NS(C)(=O)=O)c(Cl)c(-c2nc(C3(C)CC3)[nH]c2-c2ccnc(CCCC#N)n2)c1. The molecule has 2 N–H and O–H groups in total. The Morgan fingerprint density at radius 2 is 2.06 bits per heavy atom. The van der Waals surface area contributed by atoms with Crippen LogP contribution in [0.15, 0.2) is 24.4 Å². The maximum absolute atomic E-state index is 11.9. The second-order valence-corrected chi connectivity index (χ2v) is 10.9. The van der Waals surface area contributed by atoms with Gasteiger partial charge >= 0.3 is 0 Å². The van der Waals surface area contributed by atoms with E-state index in [9.17, 15) is 8.42 Å². The van der Waals surface area contributed by atoms with Crippen LogP contribution in [0, 0.1) is 18.3 Å². The number of hydrogen-bond acceptors (Lipinski definition) is 6. The van der Waals surface area contributed by atoms with Crippen molar-refractivity contribution < 1.29 is 8.42 Å². The first-order valence-electron chi connectivity index (χ1n) is 10.7. The first-order valence-corrected chi connectivity index (χ1v) is 12.9. The number of nitrogens with zero attached hydrogens (tertiary/aromatic N) is 4. The third kappa shape index (κ3) is 5.18. The van der Waals surface area contributed by atoms with Crippen molar-refractivity contribution in [1.29, 1.82) is 5.26 Å². The number of rotatable bonds is 8. The van der Waals surface area contributed by atoms with E-state index >= 15 is 0 Å². The highest BCUT2D eigenvalue weighted by molar-refractivity contribution is 7.92. The molecule has 0 amide bonds. The van der Waals surface area contributed by atoms with Gasteiger partial charge in [-0.1, -0.05) is 18.5 Å². The van der Waals surface area contributed by atoms with E-state index in [0.717, 1.165) is 30.5 Å². The number of aryl methyl sites for hydroxylation is 2. The Labute approximate surface area is 198 Å². The van der Waals surface area contributed by atoms with Crippen LogP contribution < -0.4 is 4.72 Å². The number of imidazole rings is 1. The molecular formula is C23H25ClN6O2S. The number of nitriles is 1. The molecule has 10 heteroatoms. The molecule has 2 heterocycles. The van der Waals surface area contributed by atoms with E-state index in [-0.39, 0.29) is 10.4 Å². The molecule has 33 heavy (non-hydrogen) atoms. The molecule has 1 aliphatic rings. The number of anilines is 1. The molecule has 1 aromatic carbocycles. The number of aromatic amines is 1. The van der Waals surface area contributed by atoms with Gasteiger partial charge in [-0.2, -0.15) is 5.26 Å². The Bertz CT molecular complexity index is 1360. The summed E-state index contributed by atoms with van der Waals surface area (Å²) in [6.45, 7) is 4.03. The van der Waals surface area contributed by atoms with Crippen molar-refractivity contribution in [2.45, 2.75) is 51.4 Å². The van der Waals surface area contributed by atoms with Gasteiger partial charge in [0, 0.05) is 30.0 Å². The minimum absolute atomic E-state index is 0.0280. The number of aromatic nitrogens is 4. The monoisotopic (exact) mass is 484 g/mol. The average Bonchev–Trinajstić information content (AvgIpc) is 3.33. The minimum atomic E-state index is -3.51. The van der Waals surface area contributed by atoms with Gasteiger partial charge in [0.2, 0.25) is 10.0 Å². The molecule has 2 aromatic heterocycles.